The molecule has 0 unspecified atom stereocenters. The largest absolute Gasteiger partial charge is 1.00 e. The summed E-state index contributed by atoms with van der Waals surface area (Å²) in [6.07, 6.45) is 0. The number of rotatable bonds is 5. The van der Waals surface area contributed by atoms with Crippen molar-refractivity contribution in [3.63, 3.8) is 0 Å². The van der Waals surface area contributed by atoms with Crippen LogP contribution in [0.1, 0.15) is 44.4 Å². The van der Waals surface area contributed by atoms with Crippen LogP contribution in [0.3, 0.4) is 0 Å². The van der Waals surface area contributed by atoms with E-state index in [0.717, 1.165) is 19.6 Å². The van der Waals surface area contributed by atoms with Crippen LogP contribution in [0.4, 0.5) is 0 Å². The van der Waals surface area contributed by atoms with Crippen molar-refractivity contribution in [2.24, 2.45) is 0 Å². The summed E-state index contributed by atoms with van der Waals surface area (Å²) >= 11 is 0. The van der Waals surface area contributed by atoms with Gasteiger partial charge in [0.15, 0.2) is 0 Å². The Balaban J connectivity index is 0.00000242. The van der Waals surface area contributed by atoms with Crippen LogP contribution in [0, 0.1) is 6.07 Å². The van der Waals surface area contributed by atoms with Crippen molar-refractivity contribution in [3.8, 4) is 0 Å². The Kier molecular flexibility index (Phi) is 7.43. The minimum atomic E-state index is 0. The fraction of sp³-hybridized carbons (Fsp3) is 0.400. The summed E-state index contributed by atoms with van der Waals surface area (Å²) < 4.78 is 0. The molecule has 0 saturated carbocycles. The van der Waals surface area contributed by atoms with Crippen LogP contribution < -0.4 is 18.9 Å². The Bertz CT molecular complexity index is 557. The van der Waals surface area contributed by atoms with Crippen molar-refractivity contribution in [2.75, 3.05) is 6.54 Å². The molecule has 2 heteroatoms. The van der Waals surface area contributed by atoms with Gasteiger partial charge in [0, 0.05) is 13.1 Å². The van der Waals surface area contributed by atoms with E-state index in [9.17, 15) is 0 Å². The van der Waals surface area contributed by atoms with Gasteiger partial charge in [-0.05, 0) is 17.5 Å². The molecule has 0 spiro atoms. The van der Waals surface area contributed by atoms with Crippen molar-refractivity contribution in [1.82, 2.24) is 4.90 Å². The van der Waals surface area contributed by atoms with Gasteiger partial charge in [-0.3, -0.25) is 4.90 Å². The van der Waals surface area contributed by atoms with Crippen LogP contribution in [0.2, 0.25) is 0 Å². The first-order valence-electron chi connectivity index (χ1n) is 7.77. The zero-order chi connectivity index (χ0) is 15.3. The molecular weight excluding hydrogens is 261 g/mol. The Morgan fingerprint density at radius 2 is 1.59 bits per heavy atom. The van der Waals surface area contributed by atoms with E-state index in [1.54, 1.807) is 0 Å². The normalized spacial score (nSPS) is 11.3. The van der Waals surface area contributed by atoms with Gasteiger partial charge in [0.25, 0.3) is 0 Å². The molecule has 0 aliphatic heterocycles. The molecule has 1 nitrogen and oxygen atoms in total. The summed E-state index contributed by atoms with van der Waals surface area (Å²) in [5.41, 5.74) is 4.09. The van der Waals surface area contributed by atoms with Crippen LogP contribution in [-0.2, 0) is 18.5 Å². The summed E-state index contributed by atoms with van der Waals surface area (Å²) in [7, 11) is 0. The van der Waals surface area contributed by atoms with Gasteiger partial charge in [0.2, 0.25) is 0 Å². The molecule has 0 atom stereocenters. The second-order valence-electron chi connectivity index (χ2n) is 6.63. The molecule has 2 aromatic rings. The maximum atomic E-state index is 3.59. The fourth-order valence-electron chi connectivity index (χ4n) is 2.41. The van der Waals surface area contributed by atoms with Crippen LogP contribution in [0.15, 0.2) is 48.5 Å². The Hall–Kier alpha value is -1.00. The van der Waals surface area contributed by atoms with Gasteiger partial charge in [0.05, 0.1) is 0 Å². The summed E-state index contributed by atoms with van der Waals surface area (Å²) in [4.78, 5) is 2.45. The van der Waals surface area contributed by atoms with Gasteiger partial charge in [-0.25, -0.2) is 0 Å². The maximum absolute atomic E-state index is 3.59. The summed E-state index contributed by atoms with van der Waals surface area (Å²) in [5.74, 6) is 0. The van der Waals surface area contributed by atoms with E-state index in [4.69, 9.17) is 0 Å². The molecular formula is C20H26LiN. The van der Waals surface area contributed by atoms with Crippen LogP contribution in [-0.4, -0.2) is 11.4 Å². The molecule has 0 aromatic heterocycles. The van der Waals surface area contributed by atoms with Crippen molar-refractivity contribution in [3.05, 3.63) is 71.3 Å². The number of hydrogen-bond donors (Lipinski definition) is 0. The van der Waals surface area contributed by atoms with Gasteiger partial charge < -0.3 is 0 Å². The second kappa shape index (κ2) is 8.58. The van der Waals surface area contributed by atoms with Crippen molar-refractivity contribution in [1.29, 1.82) is 0 Å². The van der Waals surface area contributed by atoms with Gasteiger partial charge in [0.1, 0.15) is 0 Å². The topological polar surface area (TPSA) is 3.24 Å². The zero-order valence-corrected chi connectivity index (χ0v) is 14.7. The van der Waals surface area contributed by atoms with E-state index in [0.29, 0.717) is 0 Å². The van der Waals surface area contributed by atoms with Crippen molar-refractivity contribution >= 4 is 0 Å². The van der Waals surface area contributed by atoms with E-state index in [-0.39, 0.29) is 24.3 Å². The first kappa shape index (κ1) is 19.0. The summed E-state index contributed by atoms with van der Waals surface area (Å²) in [6, 6.07) is 20.8. The quantitative estimate of drug-likeness (QED) is 0.599. The molecule has 0 saturated heterocycles. The molecule has 0 aliphatic carbocycles. The zero-order valence-electron chi connectivity index (χ0n) is 14.7. The number of benzene rings is 2. The summed E-state index contributed by atoms with van der Waals surface area (Å²) in [5, 5.41) is 0. The third-order valence-electron chi connectivity index (χ3n) is 3.75. The van der Waals surface area contributed by atoms with Gasteiger partial charge in [-0.1, -0.05) is 58.0 Å². The average molecular weight is 287 g/mol. The van der Waals surface area contributed by atoms with Gasteiger partial charge >= 0.3 is 18.9 Å². The molecule has 112 valence electrons. The maximum Gasteiger partial charge on any atom is 1.00 e. The summed E-state index contributed by atoms with van der Waals surface area (Å²) in [6.45, 7) is 11.9. The van der Waals surface area contributed by atoms with E-state index in [1.165, 1.54) is 16.7 Å². The molecule has 22 heavy (non-hydrogen) atoms. The Labute approximate surface area is 147 Å². The molecule has 0 bridgehead atoms. The first-order valence-corrected chi connectivity index (χ1v) is 7.77. The van der Waals surface area contributed by atoms with E-state index < -0.39 is 0 Å². The molecule has 0 fully saturated rings. The smallest absolute Gasteiger partial charge is 0.297 e. The molecule has 0 radical (unpaired) electrons. The molecule has 0 heterocycles. The second-order valence-corrected chi connectivity index (χ2v) is 6.63. The van der Waals surface area contributed by atoms with Crippen LogP contribution >= 0.6 is 0 Å². The van der Waals surface area contributed by atoms with Crippen molar-refractivity contribution < 1.29 is 18.9 Å². The Morgan fingerprint density at radius 3 is 2.18 bits per heavy atom. The minimum absolute atomic E-state index is 0. The monoisotopic (exact) mass is 287 g/mol. The standard InChI is InChI=1S/C20H26N.Li/c1-5-21(15-17-10-7-6-8-11-17)16-18-12-9-13-19(14-18)20(2,3)4;/h6-13H,5,15-16H2,1-4H3;/q-1;+1. The third-order valence-corrected chi connectivity index (χ3v) is 3.75. The number of nitrogens with zero attached hydrogens (tertiary/aromatic N) is 1. The molecule has 2 aromatic carbocycles. The third kappa shape index (κ3) is 5.65. The van der Waals surface area contributed by atoms with Gasteiger partial charge in [-0.2, -0.15) is 29.8 Å². The molecule has 2 rings (SSSR count). The van der Waals surface area contributed by atoms with Crippen LogP contribution in [0.25, 0.3) is 0 Å². The molecule has 0 aliphatic rings. The average Bonchev–Trinajstić information content (AvgIpc) is 2.47. The SMILES string of the molecule is CCN(Cc1[c-]c(C(C)(C)C)ccc1)Cc1ccccc1.[Li+]. The van der Waals surface area contributed by atoms with Crippen LogP contribution in [0.5, 0.6) is 0 Å². The first-order chi connectivity index (χ1) is 9.99. The predicted molar refractivity (Wildman–Crippen MR) is 90.2 cm³/mol. The molecule has 0 amide bonds. The van der Waals surface area contributed by atoms with E-state index in [2.05, 4.69) is 87.2 Å². The predicted octanol–water partition coefficient (Wildman–Crippen LogP) is 1.81. The minimum Gasteiger partial charge on any atom is -0.297 e. The number of hydrogen-bond acceptors (Lipinski definition) is 1. The fourth-order valence-corrected chi connectivity index (χ4v) is 2.41. The van der Waals surface area contributed by atoms with Gasteiger partial charge in [-0.15, -0.1) is 5.56 Å². The van der Waals surface area contributed by atoms with E-state index >= 15 is 0 Å². The Morgan fingerprint density at radius 1 is 0.909 bits per heavy atom. The van der Waals surface area contributed by atoms with Crippen molar-refractivity contribution in [2.45, 2.75) is 46.2 Å². The van der Waals surface area contributed by atoms with E-state index in [1.807, 2.05) is 0 Å². The molecule has 0 N–H and O–H groups in total.